The Morgan fingerprint density at radius 3 is 2.67 bits per heavy atom. The van der Waals surface area contributed by atoms with Gasteiger partial charge >= 0.3 is 0 Å². The molecule has 0 spiro atoms. The molecule has 0 N–H and O–H groups in total. The largest absolute Gasteiger partial charge is 0.487 e. The van der Waals surface area contributed by atoms with Crippen LogP contribution in [0.4, 0.5) is 0 Å². The maximum Gasteiger partial charge on any atom is 0.150 e. The lowest BCUT2D eigenvalue weighted by Crippen LogP contribution is -1.95. The Balaban J connectivity index is 1.96. The number of nitrogens with zero attached hydrogens (tertiary/aromatic N) is 1. The van der Waals surface area contributed by atoms with Crippen LogP contribution in [0.1, 0.15) is 16.1 Å². The van der Waals surface area contributed by atoms with Crippen LogP contribution >= 0.6 is 0 Å². The predicted molar refractivity (Wildman–Crippen MR) is 52.7 cm³/mol. The predicted octanol–water partition coefficient (Wildman–Crippen LogP) is 2.07. The van der Waals surface area contributed by atoms with Gasteiger partial charge in [0.2, 0.25) is 0 Å². The topological polar surface area (TPSA) is 52.3 Å². The standard InChI is InChI=1S/C11H9NO3/c13-7-9-1-3-11(4-2-9)14-8-10-5-6-15-12-10/h1-7H,8H2. The molecule has 0 bridgehead atoms. The van der Waals surface area contributed by atoms with Crippen LogP contribution in [0.3, 0.4) is 0 Å². The highest BCUT2D eigenvalue weighted by molar-refractivity contribution is 5.74. The van der Waals surface area contributed by atoms with Crippen LogP contribution in [0.25, 0.3) is 0 Å². The third-order valence-corrected chi connectivity index (χ3v) is 1.89. The van der Waals surface area contributed by atoms with Crippen LogP contribution in [-0.2, 0) is 6.61 Å². The molecule has 2 rings (SSSR count). The lowest BCUT2D eigenvalue weighted by molar-refractivity contribution is 0.112. The molecule has 1 aromatic carbocycles. The van der Waals surface area contributed by atoms with E-state index in [1.807, 2.05) is 0 Å². The van der Waals surface area contributed by atoms with Crippen molar-refractivity contribution in [2.45, 2.75) is 6.61 Å². The highest BCUT2D eigenvalue weighted by Gasteiger charge is 1.98. The maximum absolute atomic E-state index is 10.4. The highest BCUT2D eigenvalue weighted by Crippen LogP contribution is 2.12. The van der Waals surface area contributed by atoms with Crippen LogP contribution in [0.2, 0.25) is 0 Å². The number of hydrogen-bond acceptors (Lipinski definition) is 4. The zero-order valence-corrected chi connectivity index (χ0v) is 7.92. The van der Waals surface area contributed by atoms with Crippen LogP contribution in [0.15, 0.2) is 41.1 Å². The first kappa shape index (κ1) is 9.45. The van der Waals surface area contributed by atoms with E-state index in [1.165, 1.54) is 6.26 Å². The molecule has 15 heavy (non-hydrogen) atoms. The highest BCUT2D eigenvalue weighted by atomic mass is 16.5. The number of rotatable bonds is 4. The third-order valence-electron chi connectivity index (χ3n) is 1.89. The number of hydrogen-bond donors (Lipinski definition) is 0. The van der Waals surface area contributed by atoms with Gasteiger partial charge in [-0.05, 0) is 24.3 Å². The van der Waals surface area contributed by atoms with Crippen molar-refractivity contribution in [1.29, 1.82) is 0 Å². The van der Waals surface area contributed by atoms with Crippen molar-refractivity contribution in [3.05, 3.63) is 47.9 Å². The summed E-state index contributed by atoms with van der Waals surface area (Å²) < 4.78 is 10.1. The molecule has 0 atom stereocenters. The number of aldehydes is 1. The second-order valence-corrected chi connectivity index (χ2v) is 2.97. The van der Waals surface area contributed by atoms with Gasteiger partial charge in [-0.25, -0.2) is 0 Å². The van der Waals surface area contributed by atoms with Gasteiger partial charge in [0.1, 0.15) is 30.6 Å². The monoisotopic (exact) mass is 203 g/mol. The molecule has 0 fully saturated rings. The van der Waals surface area contributed by atoms with Gasteiger partial charge in [0.25, 0.3) is 0 Å². The average molecular weight is 203 g/mol. The van der Waals surface area contributed by atoms with Crippen molar-refractivity contribution in [2.75, 3.05) is 0 Å². The van der Waals surface area contributed by atoms with E-state index < -0.39 is 0 Å². The first-order chi connectivity index (χ1) is 7.38. The van der Waals surface area contributed by atoms with E-state index in [1.54, 1.807) is 30.3 Å². The first-order valence-corrected chi connectivity index (χ1v) is 4.46. The Bertz CT molecular complexity index is 420. The molecule has 0 aliphatic rings. The Kier molecular flexibility index (Phi) is 2.78. The van der Waals surface area contributed by atoms with E-state index in [-0.39, 0.29) is 0 Å². The van der Waals surface area contributed by atoms with Gasteiger partial charge in [-0.15, -0.1) is 0 Å². The number of ether oxygens (including phenoxy) is 1. The lowest BCUT2D eigenvalue weighted by atomic mass is 10.2. The van der Waals surface area contributed by atoms with Crippen LogP contribution in [-0.4, -0.2) is 11.4 Å². The fraction of sp³-hybridized carbons (Fsp3) is 0.0909. The molecule has 0 saturated carbocycles. The number of carbonyl (C=O) groups excluding carboxylic acids is 1. The van der Waals surface area contributed by atoms with Gasteiger partial charge in [-0.1, -0.05) is 5.16 Å². The molecule has 4 heteroatoms. The van der Waals surface area contributed by atoms with Gasteiger partial charge in [-0.2, -0.15) is 0 Å². The molecule has 1 heterocycles. The summed E-state index contributed by atoms with van der Waals surface area (Å²) >= 11 is 0. The summed E-state index contributed by atoms with van der Waals surface area (Å²) in [5.41, 5.74) is 1.36. The quantitative estimate of drug-likeness (QED) is 0.714. The van der Waals surface area contributed by atoms with Crippen LogP contribution in [0, 0.1) is 0 Å². The summed E-state index contributed by atoms with van der Waals surface area (Å²) in [5, 5.41) is 3.71. The van der Waals surface area contributed by atoms with E-state index in [0.29, 0.717) is 17.9 Å². The van der Waals surface area contributed by atoms with Gasteiger partial charge in [0.15, 0.2) is 0 Å². The van der Waals surface area contributed by atoms with Crippen molar-refractivity contribution in [3.8, 4) is 5.75 Å². The fourth-order valence-electron chi connectivity index (χ4n) is 1.11. The molecule has 4 nitrogen and oxygen atoms in total. The SMILES string of the molecule is O=Cc1ccc(OCc2ccon2)cc1. The molecule has 0 saturated heterocycles. The van der Waals surface area contributed by atoms with Crippen LogP contribution in [0.5, 0.6) is 5.75 Å². The second kappa shape index (κ2) is 4.41. The molecule has 76 valence electrons. The summed E-state index contributed by atoms with van der Waals surface area (Å²) in [6.07, 6.45) is 2.29. The number of benzene rings is 1. The molecule has 1 aromatic heterocycles. The maximum atomic E-state index is 10.4. The normalized spacial score (nSPS) is 9.87. The summed E-state index contributed by atoms with van der Waals surface area (Å²) in [5.74, 6) is 0.698. The third kappa shape index (κ3) is 2.43. The molecule has 0 radical (unpaired) electrons. The van der Waals surface area contributed by atoms with Crippen molar-refractivity contribution >= 4 is 6.29 Å². The second-order valence-electron chi connectivity index (χ2n) is 2.97. The van der Waals surface area contributed by atoms with Crippen molar-refractivity contribution in [1.82, 2.24) is 5.16 Å². The van der Waals surface area contributed by atoms with Crippen molar-refractivity contribution < 1.29 is 14.1 Å². The number of carbonyl (C=O) groups is 1. The lowest BCUT2D eigenvalue weighted by Gasteiger charge is -2.02. The van der Waals surface area contributed by atoms with Gasteiger partial charge in [0.05, 0.1) is 0 Å². The van der Waals surface area contributed by atoms with E-state index >= 15 is 0 Å². The number of aromatic nitrogens is 1. The average Bonchev–Trinajstić information content (AvgIpc) is 2.80. The summed E-state index contributed by atoms with van der Waals surface area (Å²) in [6, 6.07) is 8.61. The smallest absolute Gasteiger partial charge is 0.150 e. The zero-order chi connectivity index (χ0) is 10.5. The minimum atomic E-state index is 0.358. The Hall–Kier alpha value is -2.10. The molecule has 0 aliphatic carbocycles. The molecule has 0 amide bonds. The van der Waals surface area contributed by atoms with E-state index in [2.05, 4.69) is 9.68 Å². The summed E-state index contributed by atoms with van der Waals surface area (Å²) in [6.45, 7) is 0.358. The summed E-state index contributed by atoms with van der Waals surface area (Å²) in [4.78, 5) is 10.4. The van der Waals surface area contributed by atoms with Gasteiger partial charge < -0.3 is 9.26 Å². The molecular formula is C11H9NO3. The summed E-state index contributed by atoms with van der Waals surface area (Å²) in [7, 11) is 0. The van der Waals surface area contributed by atoms with Crippen molar-refractivity contribution in [2.24, 2.45) is 0 Å². The van der Waals surface area contributed by atoms with Gasteiger partial charge in [0, 0.05) is 11.6 Å². The Morgan fingerprint density at radius 2 is 2.07 bits per heavy atom. The zero-order valence-electron chi connectivity index (χ0n) is 7.92. The van der Waals surface area contributed by atoms with E-state index in [9.17, 15) is 4.79 Å². The molecule has 0 unspecified atom stereocenters. The minimum Gasteiger partial charge on any atom is -0.487 e. The Labute approximate surface area is 86.5 Å². The van der Waals surface area contributed by atoms with Gasteiger partial charge in [-0.3, -0.25) is 4.79 Å². The molecule has 0 aliphatic heterocycles. The van der Waals surface area contributed by atoms with E-state index in [0.717, 1.165) is 12.0 Å². The Morgan fingerprint density at radius 1 is 1.27 bits per heavy atom. The first-order valence-electron chi connectivity index (χ1n) is 4.46. The van der Waals surface area contributed by atoms with E-state index in [4.69, 9.17) is 4.74 Å². The molecular weight excluding hydrogens is 194 g/mol. The van der Waals surface area contributed by atoms with Crippen molar-refractivity contribution in [3.63, 3.8) is 0 Å². The molecule has 2 aromatic rings. The van der Waals surface area contributed by atoms with Crippen LogP contribution < -0.4 is 4.74 Å². The minimum absolute atomic E-state index is 0.358. The fourth-order valence-corrected chi connectivity index (χ4v) is 1.11.